The van der Waals surface area contributed by atoms with E-state index in [2.05, 4.69) is 15.5 Å². The fraction of sp³-hybridized carbons (Fsp3) is 0.348. The van der Waals surface area contributed by atoms with Gasteiger partial charge < -0.3 is 25.0 Å². The van der Waals surface area contributed by atoms with Gasteiger partial charge in [-0.05, 0) is 57.0 Å². The summed E-state index contributed by atoms with van der Waals surface area (Å²) in [6.07, 6.45) is 0.768. The molecule has 8 nitrogen and oxygen atoms in total. The fourth-order valence-electron chi connectivity index (χ4n) is 3.93. The lowest BCUT2D eigenvalue weighted by molar-refractivity contribution is -0.123. The van der Waals surface area contributed by atoms with E-state index in [1.54, 1.807) is 30.3 Å². The number of benzene rings is 2. The van der Waals surface area contributed by atoms with E-state index in [1.165, 1.54) is 6.92 Å². The Morgan fingerprint density at radius 3 is 2.87 bits per heavy atom. The number of carbonyl (C=O) groups is 3. The monoisotopic (exact) mass is 423 g/mol. The second-order valence-corrected chi connectivity index (χ2v) is 7.54. The minimum Gasteiger partial charge on any atom is -0.492 e. The number of amides is 2. The van der Waals surface area contributed by atoms with E-state index < -0.39 is 18.0 Å². The predicted molar refractivity (Wildman–Crippen MR) is 117 cm³/mol. The quantitative estimate of drug-likeness (QED) is 0.693. The van der Waals surface area contributed by atoms with Crippen LogP contribution in [0.2, 0.25) is 0 Å². The number of nitrogens with zero attached hydrogens (tertiary/aromatic N) is 1. The van der Waals surface area contributed by atoms with Crippen LogP contribution in [0, 0.1) is 0 Å². The molecule has 2 heterocycles. The molecule has 0 radical (unpaired) electrons. The maximum absolute atomic E-state index is 12.6. The van der Waals surface area contributed by atoms with E-state index in [9.17, 15) is 14.4 Å². The smallest absolute Gasteiger partial charge is 0.338 e. The van der Waals surface area contributed by atoms with Crippen molar-refractivity contribution in [3.05, 3.63) is 48.0 Å². The van der Waals surface area contributed by atoms with Crippen LogP contribution >= 0.6 is 0 Å². The first-order valence-corrected chi connectivity index (χ1v) is 10.4. The topological polar surface area (TPSA) is 97.0 Å². The molecular formula is C23H25N3O5. The number of carbonyl (C=O) groups excluding carboxylic acids is 3. The number of ether oxygens (including phenoxy) is 2. The highest BCUT2D eigenvalue weighted by atomic mass is 16.5. The van der Waals surface area contributed by atoms with Gasteiger partial charge in [0.05, 0.1) is 29.2 Å². The van der Waals surface area contributed by atoms with Gasteiger partial charge in [0, 0.05) is 6.54 Å². The Balaban J connectivity index is 1.43. The lowest BCUT2D eigenvalue weighted by Crippen LogP contribution is -2.43. The van der Waals surface area contributed by atoms with Crippen LogP contribution in [0.1, 0.15) is 37.0 Å². The van der Waals surface area contributed by atoms with Gasteiger partial charge in [-0.25, -0.2) is 4.79 Å². The highest BCUT2D eigenvalue weighted by Crippen LogP contribution is 2.37. The van der Waals surface area contributed by atoms with Gasteiger partial charge >= 0.3 is 5.97 Å². The molecule has 0 aliphatic carbocycles. The van der Waals surface area contributed by atoms with Crippen molar-refractivity contribution in [2.75, 3.05) is 28.7 Å². The highest BCUT2D eigenvalue weighted by molar-refractivity contribution is 6.06. The number of nitrogens with one attached hydrogen (secondary N) is 2. The van der Waals surface area contributed by atoms with Crippen molar-refractivity contribution in [1.29, 1.82) is 0 Å². The summed E-state index contributed by atoms with van der Waals surface area (Å²) in [5.74, 6) is -0.619. The van der Waals surface area contributed by atoms with Crippen molar-refractivity contribution < 1.29 is 23.9 Å². The number of fused-ring (bicyclic) bond motifs is 3. The van der Waals surface area contributed by atoms with E-state index in [-0.39, 0.29) is 17.5 Å². The molecule has 2 aromatic rings. The number of esters is 1. The lowest BCUT2D eigenvalue weighted by Gasteiger charge is -2.33. The summed E-state index contributed by atoms with van der Waals surface area (Å²) < 4.78 is 10.9. The molecule has 0 spiro atoms. The van der Waals surface area contributed by atoms with E-state index in [0.717, 1.165) is 25.1 Å². The minimum absolute atomic E-state index is 0.0590. The maximum Gasteiger partial charge on any atom is 0.338 e. The molecule has 1 fully saturated rings. The largest absolute Gasteiger partial charge is 0.492 e. The van der Waals surface area contributed by atoms with Crippen molar-refractivity contribution in [2.24, 2.45) is 0 Å². The molecule has 31 heavy (non-hydrogen) atoms. The first-order chi connectivity index (χ1) is 15.0. The summed E-state index contributed by atoms with van der Waals surface area (Å²) in [6.45, 7) is 4.64. The Labute approximate surface area is 180 Å². The van der Waals surface area contributed by atoms with E-state index in [4.69, 9.17) is 9.47 Å². The summed E-state index contributed by atoms with van der Waals surface area (Å²) in [6, 6.07) is 12.0. The third-order valence-corrected chi connectivity index (χ3v) is 5.45. The molecule has 0 saturated carbocycles. The van der Waals surface area contributed by atoms with Crippen LogP contribution in [0.3, 0.4) is 0 Å². The van der Waals surface area contributed by atoms with Crippen LogP contribution in [0.25, 0.3) is 0 Å². The Hall–Kier alpha value is -3.55. The summed E-state index contributed by atoms with van der Waals surface area (Å²) in [5, 5.41) is 5.60. The number of hydrogen-bond donors (Lipinski definition) is 2. The standard InChI is InChI=1S/C23H25N3O5/c1-3-30-20-9-5-4-7-16(20)24-21(27)14(2)31-23(29)15-10-11-18-17(13-15)25-22(28)19-8-6-12-26(18)19/h4-5,7,9-11,13-14,19H,3,6,8,12H2,1-2H3,(H,24,27)(H,25,28)/t14-,19-/m0/s1. The normalized spacial score (nSPS) is 17.8. The van der Waals surface area contributed by atoms with Gasteiger partial charge in [-0.15, -0.1) is 0 Å². The summed E-state index contributed by atoms with van der Waals surface area (Å²) >= 11 is 0. The van der Waals surface area contributed by atoms with Crippen LogP contribution in [0.5, 0.6) is 5.75 Å². The predicted octanol–water partition coefficient (Wildman–Crippen LogP) is 3.19. The van der Waals surface area contributed by atoms with Gasteiger partial charge in [-0.3, -0.25) is 9.59 Å². The second kappa shape index (κ2) is 8.67. The zero-order chi connectivity index (χ0) is 22.0. The third kappa shape index (κ3) is 4.19. The Kier molecular flexibility index (Phi) is 5.79. The van der Waals surface area contributed by atoms with Gasteiger partial charge in [0.1, 0.15) is 11.8 Å². The minimum atomic E-state index is -1.02. The van der Waals surface area contributed by atoms with Crippen LogP contribution in [0.4, 0.5) is 17.1 Å². The van der Waals surface area contributed by atoms with Crippen LogP contribution in [-0.2, 0) is 14.3 Å². The Bertz CT molecular complexity index is 1020. The molecule has 0 aromatic heterocycles. The Morgan fingerprint density at radius 1 is 1.26 bits per heavy atom. The van der Waals surface area contributed by atoms with Crippen molar-refractivity contribution in [2.45, 2.75) is 38.8 Å². The maximum atomic E-state index is 12.6. The molecule has 162 valence electrons. The average molecular weight is 423 g/mol. The van der Waals surface area contributed by atoms with Crippen molar-refractivity contribution in [1.82, 2.24) is 0 Å². The zero-order valence-corrected chi connectivity index (χ0v) is 17.5. The fourth-order valence-corrected chi connectivity index (χ4v) is 3.93. The summed E-state index contributed by atoms with van der Waals surface area (Å²) in [5.41, 5.74) is 2.26. The molecule has 1 saturated heterocycles. The van der Waals surface area contributed by atoms with Crippen LogP contribution < -0.4 is 20.3 Å². The molecule has 2 aromatic carbocycles. The summed E-state index contributed by atoms with van der Waals surface area (Å²) in [4.78, 5) is 39.5. The summed E-state index contributed by atoms with van der Waals surface area (Å²) in [7, 11) is 0. The zero-order valence-electron chi connectivity index (χ0n) is 17.5. The van der Waals surface area contributed by atoms with Gasteiger partial charge in [0.15, 0.2) is 6.10 Å². The Morgan fingerprint density at radius 2 is 2.06 bits per heavy atom. The van der Waals surface area contributed by atoms with Crippen molar-refractivity contribution in [3.63, 3.8) is 0 Å². The number of hydrogen-bond acceptors (Lipinski definition) is 6. The molecular weight excluding hydrogens is 398 g/mol. The molecule has 0 unspecified atom stereocenters. The molecule has 0 bridgehead atoms. The second-order valence-electron chi connectivity index (χ2n) is 7.54. The van der Waals surface area contributed by atoms with Gasteiger partial charge in [0.2, 0.25) is 5.91 Å². The van der Waals surface area contributed by atoms with E-state index >= 15 is 0 Å². The van der Waals surface area contributed by atoms with Crippen LogP contribution in [-0.4, -0.2) is 43.1 Å². The molecule has 2 aliphatic rings. The van der Waals surface area contributed by atoms with E-state index in [0.29, 0.717) is 23.7 Å². The first kappa shape index (κ1) is 20.7. The molecule has 4 rings (SSSR count). The van der Waals surface area contributed by atoms with Gasteiger partial charge in [-0.1, -0.05) is 12.1 Å². The third-order valence-electron chi connectivity index (χ3n) is 5.45. The number of rotatable bonds is 6. The van der Waals surface area contributed by atoms with Gasteiger partial charge in [-0.2, -0.15) is 0 Å². The lowest BCUT2D eigenvalue weighted by atomic mass is 10.1. The van der Waals surface area contributed by atoms with Crippen molar-refractivity contribution in [3.8, 4) is 5.75 Å². The molecule has 2 aliphatic heterocycles. The molecule has 2 N–H and O–H groups in total. The number of para-hydroxylation sites is 2. The molecule has 8 heteroatoms. The van der Waals surface area contributed by atoms with Crippen molar-refractivity contribution >= 4 is 34.8 Å². The van der Waals surface area contributed by atoms with Gasteiger partial charge in [0.25, 0.3) is 5.91 Å². The number of anilines is 3. The molecule has 2 atom stereocenters. The van der Waals surface area contributed by atoms with E-state index in [1.807, 2.05) is 19.1 Å². The van der Waals surface area contributed by atoms with Crippen LogP contribution in [0.15, 0.2) is 42.5 Å². The highest BCUT2D eigenvalue weighted by Gasteiger charge is 2.36. The first-order valence-electron chi connectivity index (χ1n) is 10.4. The molecule has 2 amide bonds. The SMILES string of the molecule is CCOc1ccccc1NC(=O)[C@H](C)OC(=O)c1ccc2c(c1)NC(=O)[C@@H]1CCCN21. The average Bonchev–Trinajstić information content (AvgIpc) is 3.26.